The Labute approximate surface area is 352 Å². The second-order valence-electron chi connectivity index (χ2n) is 12.7. The lowest BCUT2D eigenvalue weighted by Gasteiger charge is -2.19. The first-order valence-electron chi connectivity index (χ1n) is 20.2. The van der Waals surface area contributed by atoms with Crippen LogP contribution in [0.25, 0.3) is 0 Å². The third-order valence-electron chi connectivity index (χ3n) is 7.37. The molecule has 0 heterocycles. The maximum atomic E-state index is 9.05. The Morgan fingerprint density at radius 1 is 0.362 bits per heavy atom. The molecule has 14 heteroatoms. The molecule has 0 radical (unpaired) electrons. The highest BCUT2D eigenvalue weighted by Crippen LogP contribution is 2.05. The number of aliphatic hydroxyl groups excluding tert-OH is 4. The molecule has 0 saturated carbocycles. The van der Waals surface area contributed by atoms with Crippen molar-refractivity contribution in [3.8, 4) is 49.4 Å². The van der Waals surface area contributed by atoms with Crippen molar-refractivity contribution in [3.05, 3.63) is 0 Å². The number of hydrogen-bond acceptors (Lipinski definition) is 14. The van der Waals surface area contributed by atoms with Crippen molar-refractivity contribution in [2.24, 2.45) is 0 Å². The summed E-state index contributed by atoms with van der Waals surface area (Å²) in [5.41, 5.74) is 0. The Balaban J connectivity index is -0.000000337. The van der Waals surface area contributed by atoms with E-state index in [2.05, 4.69) is 23.7 Å². The van der Waals surface area contributed by atoms with Gasteiger partial charge in [-0.1, -0.05) is 51.4 Å². The Kier molecular flexibility index (Phi) is 54.6. The van der Waals surface area contributed by atoms with Crippen molar-refractivity contribution >= 4 is 0 Å². The van der Waals surface area contributed by atoms with E-state index >= 15 is 0 Å². The summed E-state index contributed by atoms with van der Waals surface area (Å²) >= 11 is 0. The van der Waals surface area contributed by atoms with Crippen molar-refractivity contribution in [1.82, 2.24) is 0 Å². The molecule has 8 unspecified atom stereocenters. The average molecular weight is 833 g/mol. The van der Waals surface area contributed by atoms with Crippen LogP contribution in [0.15, 0.2) is 0 Å². The monoisotopic (exact) mass is 833 g/mol. The minimum Gasteiger partial charge on any atom is -0.394 e. The molecular formula is C44H80O14. The fraction of sp³-hybridized carbons (Fsp3) is 0.818. The molecule has 0 rings (SSSR count). The number of terminal acetylenes is 4. The van der Waals surface area contributed by atoms with Crippen LogP contribution in [0, 0.1) is 49.4 Å². The molecule has 14 nitrogen and oxygen atoms in total. The molecule has 340 valence electrons. The minimum atomic E-state index is -0.261. The SMILES string of the molecule is C#CCOCC(C)OC(CC)CO.C#CCOCC(CO)OC(C)CC.C#CCOCCOCC(C)OC(CC)CO.C#CCOCCOCC(CO)OC(C)CC. The van der Waals surface area contributed by atoms with Gasteiger partial charge < -0.3 is 67.8 Å². The summed E-state index contributed by atoms with van der Waals surface area (Å²) < 4.78 is 52.8. The summed E-state index contributed by atoms with van der Waals surface area (Å²) in [6.45, 7) is 20.6. The summed E-state index contributed by atoms with van der Waals surface area (Å²) in [6, 6.07) is 0. The highest BCUT2D eigenvalue weighted by Gasteiger charge is 2.13. The van der Waals surface area contributed by atoms with E-state index in [1.807, 2.05) is 55.4 Å². The van der Waals surface area contributed by atoms with Gasteiger partial charge in [0.25, 0.3) is 0 Å². The van der Waals surface area contributed by atoms with Crippen LogP contribution in [0.4, 0.5) is 0 Å². The van der Waals surface area contributed by atoms with E-state index in [-0.39, 0.29) is 81.9 Å². The van der Waals surface area contributed by atoms with Crippen molar-refractivity contribution in [3.63, 3.8) is 0 Å². The predicted octanol–water partition coefficient (Wildman–Crippen LogP) is 3.28. The molecule has 0 aliphatic rings. The van der Waals surface area contributed by atoms with Crippen LogP contribution >= 0.6 is 0 Å². The first-order chi connectivity index (χ1) is 28.0. The quantitative estimate of drug-likeness (QED) is 0.0550. The molecule has 0 amide bonds. The summed E-state index contributed by atoms with van der Waals surface area (Å²) in [6.07, 6.45) is 23.0. The standard InChI is InChI=1S/2C12H22O4.2C10H18O3/c1-4-6-14-7-8-15-10-11(3)16-12(5-2)9-13;1-4-6-14-7-8-15-10-12(9-13)16-11(3)5-2;1-4-6-12-8-9(3)13-10(5-2)7-11;1-4-6-12-8-10(7-11)13-9(3)5-2/h2*1,11-13H,5-10H2,2-3H3;2*1,9-11H,5-8H2,2-3H3. The zero-order valence-electron chi connectivity index (χ0n) is 36.9. The van der Waals surface area contributed by atoms with Gasteiger partial charge in [-0.15, -0.1) is 25.7 Å². The number of hydrogen-bond donors (Lipinski definition) is 4. The molecule has 0 aromatic heterocycles. The van der Waals surface area contributed by atoms with Crippen LogP contribution in [0.1, 0.15) is 81.1 Å². The fourth-order valence-corrected chi connectivity index (χ4v) is 3.89. The van der Waals surface area contributed by atoms with Gasteiger partial charge in [-0.25, -0.2) is 0 Å². The average Bonchev–Trinajstić information content (AvgIpc) is 3.24. The zero-order chi connectivity index (χ0) is 44.7. The molecule has 0 aliphatic carbocycles. The van der Waals surface area contributed by atoms with Gasteiger partial charge in [-0.05, 0) is 53.4 Å². The third-order valence-corrected chi connectivity index (χ3v) is 7.37. The molecule has 0 spiro atoms. The van der Waals surface area contributed by atoms with E-state index < -0.39 is 0 Å². The van der Waals surface area contributed by atoms with E-state index in [9.17, 15) is 0 Å². The van der Waals surface area contributed by atoms with Gasteiger partial charge in [-0.2, -0.15) is 0 Å². The summed E-state index contributed by atoms with van der Waals surface area (Å²) in [5, 5.41) is 35.7. The van der Waals surface area contributed by atoms with Gasteiger partial charge in [0.1, 0.15) is 38.6 Å². The summed E-state index contributed by atoms with van der Waals surface area (Å²) in [4.78, 5) is 0. The molecule has 58 heavy (non-hydrogen) atoms. The second kappa shape index (κ2) is 50.8. The third kappa shape index (κ3) is 48.1. The molecule has 0 aromatic carbocycles. The Bertz CT molecular complexity index is 981. The summed E-state index contributed by atoms with van der Waals surface area (Å²) in [5.74, 6) is 9.48. The van der Waals surface area contributed by atoms with Gasteiger partial charge in [0.05, 0.1) is 116 Å². The van der Waals surface area contributed by atoms with Crippen LogP contribution in [0.5, 0.6) is 0 Å². The van der Waals surface area contributed by atoms with Gasteiger partial charge >= 0.3 is 0 Å². The molecule has 4 N–H and O–H groups in total. The van der Waals surface area contributed by atoms with Crippen LogP contribution in [-0.2, 0) is 47.4 Å². The van der Waals surface area contributed by atoms with Gasteiger partial charge in [0, 0.05) is 0 Å². The van der Waals surface area contributed by atoms with E-state index in [1.54, 1.807) is 0 Å². The van der Waals surface area contributed by atoms with Crippen molar-refractivity contribution in [2.45, 2.75) is 130 Å². The van der Waals surface area contributed by atoms with E-state index in [0.717, 1.165) is 25.7 Å². The Morgan fingerprint density at radius 3 is 0.966 bits per heavy atom. The van der Waals surface area contributed by atoms with Gasteiger partial charge in [0.15, 0.2) is 0 Å². The first kappa shape index (κ1) is 62.3. The second-order valence-corrected chi connectivity index (χ2v) is 12.7. The van der Waals surface area contributed by atoms with Crippen LogP contribution in [0.2, 0.25) is 0 Å². The van der Waals surface area contributed by atoms with Crippen molar-refractivity contribution < 1.29 is 67.8 Å². The predicted molar refractivity (Wildman–Crippen MR) is 227 cm³/mol. The highest BCUT2D eigenvalue weighted by atomic mass is 16.6. The molecule has 8 atom stereocenters. The highest BCUT2D eigenvalue weighted by molar-refractivity contribution is 4.84. The van der Waals surface area contributed by atoms with E-state index in [0.29, 0.717) is 72.7 Å². The molecule has 0 fully saturated rings. The Morgan fingerprint density at radius 2 is 0.638 bits per heavy atom. The molecule has 0 bridgehead atoms. The number of ether oxygens (including phenoxy) is 10. The molecule has 0 aliphatic heterocycles. The normalized spacial score (nSPS) is 14.6. The van der Waals surface area contributed by atoms with Crippen LogP contribution in [-0.4, -0.2) is 175 Å². The number of rotatable bonds is 34. The lowest BCUT2D eigenvalue weighted by atomic mass is 10.3. The minimum absolute atomic E-state index is 0.0227. The molecule has 0 aromatic rings. The van der Waals surface area contributed by atoms with Crippen molar-refractivity contribution in [2.75, 3.05) is 106 Å². The summed E-state index contributed by atoms with van der Waals surface area (Å²) in [7, 11) is 0. The first-order valence-corrected chi connectivity index (χ1v) is 20.2. The zero-order valence-corrected chi connectivity index (χ0v) is 36.9. The number of aliphatic hydroxyl groups is 4. The topological polar surface area (TPSA) is 173 Å². The molecule has 0 saturated heterocycles. The largest absolute Gasteiger partial charge is 0.394 e. The van der Waals surface area contributed by atoms with Gasteiger partial charge in [-0.3, -0.25) is 0 Å². The van der Waals surface area contributed by atoms with Crippen LogP contribution in [0.3, 0.4) is 0 Å². The van der Waals surface area contributed by atoms with Gasteiger partial charge in [0.2, 0.25) is 0 Å². The Hall–Kier alpha value is -2.32. The smallest absolute Gasteiger partial charge is 0.107 e. The maximum absolute atomic E-state index is 9.05. The van der Waals surface area contributed by atoms with Crippen molar-refractivity contribution in [1.29, 1.82) is 0 Å². The lowest BCUT2D eigenvalue weighted by Crippen LogP contribution is -2.28. The van der Waals surface area contributed by atoms with E-state index in [4.69, 9.17) is 93.5 Å². The van der Waals surface area contributed by atoms with E-state index in [1.165, 1.54) is 0 Å². The maximum Gasteiger partial charge on any atom is 0.107 e. The molecular weight excluding hydrogens is 752 g/mol. The fourth-order valence-electron chi connectivity index (χ4n) is 3.89. The lowest BCUT2D eigenvalue weighted by molar-refractivity contribution is -0.0783. The van der Waals surface area contributed by atoms with Crippen LogP contribution < -0.4 is 0 Å².